The van der Waals surface area contributed by atoms with Gasteiger partial charge in [-0.2, -0.15) is 0 Å². The number of fused-ring (bicyclic) bond motifs is 2. The zero-order chi connectivity index (χ0) is 24.9. The van der Waals surface area contributed by atoms with Crippen molar-refractivity contribution in [3.05, 3.63) is 78.1 Å². The molecule has 4 N–H and O–H groups in total. The van der Waals surface area contributed by atoms with E-state index in [1.54, 1.807) is 24.4 Å². The van der Waals surface area contributed by atoms with Gasteiger partial charge in [0.05, 0.1) is 11.5 Å². The first-order valence-electron chi connectivity index (χ1n) is 11.9. The number of H-pyrrole nitrogens is 1. The Bertz CT molecular complexity index is 1330. The Morgan fingerprint density at radius 2 is 1.89 bits per heavy atom. The van der Waals surface area contributed by atoms with Crippen molar-refractivity contribution in [3.8, 4) is 0 Å². The minimum atomic E-state index is -1.68. The molecule has 0 aliphatic heterocycles. The zero-order valence-electron chi connectivity index (χ0n) is 19.9. The van der Waals surface area contributed by atoms with Gasteiger partial charge in [-0.3, -0.25) is 14.6 Å². The highest BCUT2D eigenvalue weighted by atomic mass is 16.4. The van der Waals surface area contributed by atoms with E-state index >= 15 is 0 Å². The van der Waals surface area contributed by atoms with E-state index in [0.29, 0.717) is 18.4 Å². The zero-order valence-corrected chi connectivity index (χ0v) is 19.9. The van der Waals surface area contributed by atoms with E-state index in [9.17, 15) is 19.6 Å². The van der Waals surface area contributed by atoms with Crippen LogP contribution in [0.15, 0.2) is 67.0 Å². The Labute approximate surface area is 204 Å². The molecule has 0 saturated carbocycles. The number of hydrogen-bond donors (Lipinski definition) is 4. The molecule has 0 aliphatic carbocycles. The SMILES string of the molecule is CC(C)C[C@H](NC(=O)[C@@H](CC(=O)c1ccc2ncccc2c1)Cc1c[nH]c2ccccc12)B(O)O. The summed E-state index contributed by atoms with van der Waals surface area (Å²) in [5.74, 6) is -1.86. The van der Waals surface area contributed by atoms with E-state index in [2.05, 4.69) is 15.3 Å². The first kappa shape index (κ1) is 24.6. The number of carbonyl (C=O) groups excluding carboxylic acids is 2. The number of hydrogen-bond acceptors (Lipinski definition) is 5. The number of Topliss-reactive ketones (excluding diaryl/α,β-unsaturated/α-hetero) is 1. The van der Waals surface area contributed by atoms with Gasteiger partial charge in [0.25, 0.3) is 0 Å². The molecule has 7 nitrogen and oxygen atoms in total. The number of amides is 1. The third kappa shape index (κ3) is 5.96. The number of nitrogens with one attached hydrogen (secondary N) is 2. The average Bonchev–Trinajstić information content (AvgIpc) is 3.25. The maximum atomic E-state index is 13.4. The quantitative estimate of drug-likeness (QED) is 0.208. The van der Waals surface area contributed by atoms with Crippen LogP contribution in [0, 0.1) is 11.8 Å². The Balaban J connectivity index is 1.60. The Morgan fingerprint density at radius 3 is 2.66 bits per heavy atom. The topological polar surface area (TPSA) is 115 Å². The summed E-state index contributed by atoms with van der Waals surface area (Å²) in [5.41, 5.74) is 3.20. The summed E-state index contributed by atoms with van der Waals surface area (Å²) in [6.45, 7) is 3.89. The maximum Gasteiger partial charge on any atom is 0.475 e. The molecule has 0 radical (unpaired) electrons. The lowest BCUT2D eigenvalue weighted by Gasteiger charge is -2.23. The second kappa shape index (κ2) is 10.8. The minimum absolute atomic E-state index is 0.00691. The highest BCUT2D eigenvalue weighted by Crippen LogP contribution is 2.24. The molecule has 2 atom stereocenters. The van der Waals surface area contributed by atoms with E-state index in [-0.39, 0.29) is 24.0 Å². The van der Waals surface area contributed by atoms with E-state index < -0.39 is 19.0 Å². The summed E-state index contributed by atoms with van der Waals surface area (Å²) >= 11 is 0. The smallest absolute Gasteiger partial charge is 0.426 e. The van der Waals surface area contributed by atoms with Gasteiger partial charge in [-0.15, -0.1) is 0 Å². The van der Waals surface area contributed by atoms with Gasteiger partial charge in [-0.25, -0.2) is 0 Å². The lowest BCUT2D eigenvalue weighted by atomic mass is 9.74. The van der Waals surface area contributed by atoms with E-state index in [1.807, 2.05) is 56.4 Å². The molecular weight excluding hydrogens is 441 g/mol. The van der Waals surface area contributed by atoms with Crippen LogP contribution in [0.3, 0.4) is 0 Å². The molecular formula is C27H30BN3O4. The maximum absolute atomic E-state index is 13.4. The van der Waals surface area contributed by atoms with Crippen molar-refractivity contribution < 1.29 is 19.6 Å². The van der Waals surface area contributed by atoms with E-state index in [0.717, 1.165) is 27.4 Å². The van der Waals surface area contributed by atoms with Crippen molar-refractivity contribution in [2.24, 2.45) is 11.8 Å². The highest BCUT2D eigenvalue weighted by molar-refractivity contribution is 6.43. The van der Waals surface area contributed by atoms with Gasteiger partial charge in [0, 0.05) is 46.6 Å². The number of pyridine rings is 1. The van der Waals surface area contributed by atoms with Crippen LogP contribution in [0.2, 0.25) is 0 Å². The molecule has 0 bridgehead atoms. The molecule has 4 rings (SSSR count). The van der Waals surface area contributed by atoms with E-state index in [4.69, 9.17) is 0 Å². The van der Waals surface area contributed by atoms with Gasteiger partial charge in [0.1, 0.15) is 0 Å². The molecule has 4 aromatic rings. The van der Waals surface area contributed by atoms with E-state index in [1.165, 1.54) is 0 Å². The largest absolute Gasteiger partial charge is 0.475 e. The highest BCUT2D eigenvalue weighted by Gasteiger charge is 2.31. The van der Waals surface area contributed by atoms with Crippen molar-refractivity contribution in [1.29, 1.82) is 0 Å². The fourth-order valence-corrected chi connectivity index (χ4v) is 4.48. The number of para-hydroxylation sites is 1. The Morgan fingerprint density at radius 1 is 1.09 bits per heavy atom. The number of benzene rings is 2. The summed E-state index contributed by atoms with van der Waals surface area (Å²) < 4.78 is 0. The van der Waals surface area contributed by atoms with Crippen molar-refractivity contribution in [1.82, 2.24) is 15.3 Å². The fourth-order valence-electron chi connectivity index (χ4n) is 4.48. The first-order chi connectivity index (χ1) is 16.8. The molecule has 0 fully saturated rings. The van der Waals surface area contributed by atoms with Crippen LogP contribution in [0.1, 0.15) is 42.6 Å². The summed E-state index contributed by atoms with van der Waals surface area (Å²) in [5, 5.41) is 24.3. The average molecular weight is 471 g/mol. The predicted octanol–water partition coefficient (Wildman–Crippen LogP) is 3.69. The first-order valence-corrected chi connectivity index (χ1v) is 11.9. The summed E-state index contributed by atoms with van der Waals surface area (Å²) in [4.78, 5) is 34.2. The number of nitrogens with zero attached hydrogens (tertiary/aromatic N) is 1. The van der Waals surface area contributed by atoms with Crippen molar-refractivity contribution in [2.45, 2.75) is 39.1 Å². The lowest BCUT2D eigenvalue weighted by Crippen LogP contribution is -2.49. The standard InChI is InChI=1S/C27H30BN3O4/c1-17(2)12-26(28(34)35)31-27(33)20(14-21-16-30-24-8-4-3-7-22(21)24)15-25(32)19-9-10-23-18(13-19)6-5-11-29-23/h3-11,13,16-17,20,26,30,34-35H,12,14-15H2,1-2H3,(H,31,33)/t20-,26+/m1/s1. The predicted molar refractivity (Wildman–Crippen MR) is 138 cm³/mol. The molecule has 2 aromatic carbocycles. The van der Waals surface area contributed by atoms with Gasteiger partial charge in [-0.05, 0) is 54.7 Å². The molecule has 180 valence electrons. The van der Waals surface area contributed by atoms with Gasteiger partial charge in [-0.1, -0.05) is 38.1 Å². The van der Waals surface area contributed by atoms with Gasteiger partial charge in [0.2, 0.25) is 5.91 Å². The van der Waals surface area contributed by atoms with Crippen LogP contribution in [0.25, 0.3) is 21.8 Å². The summed E-state index contributed by atoms with van der Waals surface area (Å²) in [6, 6.07) is 16.9. The molecule has 35 heavy (non-hydrogen) atoms. The normalized spacial score (nSPS) is 13.2. The molecule has 2 heterocycles. The second-order valence-corrected chi connectivity index (χ2v) is 9.46. The molecule has 0 spiro atoms. The van der Waals surface area contributed by atoms with Gasteiger partial charge < -0.3 is 20.3 Å². The number of rotatable bonds is 10. The molecule has 8 heteroatoms. The number of ketones is 1. The summed E-state index contributed by atoms with van der Waals surface area (Å²) in [6.07, 6.45) is 4.31. The third-order valence-electron chi connectivity index (χ3n) is 6.28. The lowest BCUT2D eigenvalue weighted by molar-refractivity contribution is -0.125. The molecule has 1 amide bonds. The van der Waals surface area contributed by atoms with Crippen LogP contribution in [-0.4, -0.2) is 44.8 Å². The monoisotopic (exact) mass is 471 g/mol. The summed E-state index contributed by atoms with van der Waals surface area (Å²) in [7, 11) is -1.68. The van der Waals surface area contributed by atoms with Crippen LogP contribution in [0.4, 0.5) is 0 Å². The number of aromatic amines is 1. The number of aromatic nitrogens is 2. The molecule has 0 aliphatic rings. The van der Waals surface area contributed by atoms with Crippen LogP contribution < -0.4 is 5.32 Å². The third-order valence-corrected chi connectivity index (χ3v) is 6.28. The molecule has 0 unspecified atom stereocenters. The van der Waals surface area contributed by atoms with Crippen molar-refractivity contribution in [3.63, 3.8) is 0 Å². The second-order valence-electron chi connectivity index (χ2n) is 9.46. The molecule has 0 saturated heterocycles. The number of carbonyl (C=O) groups is 2. The molecule has 2 aromatic heterocycles. The fraction of sp³-hybridized carbons (Fsp3) is 0.296. The Hall–Kier alpha value is -3.49. The van der Waals surface area contributed by atoms with Crippen LogP contribution >= 0.6 is 0 Å². The minimum Gasteiger partial charge on any atom is -0.426 e. The van der Waals surface area contributed by atoms with Gasteiger partial charge >= 0.3 is 7.12 Å². The van der Waals surface area contributed by atoms with Crippen molar-refractivity contribution >= 4 is 40.6 Å². The van der Waals surface area contributed by atoms with Crippen molar-refractivity contribution in [2.75, 3.05) is 0 Å². The van der Waals surface area contributed by atoms with Crippen LogP contribution in [0.5, 0.6) is 0 Å². The van der Waals surface area contributed by atoms with Gasteiger partial charge in [0.15, 0.2) is 5.78 Å². The van der Waals surface area contributed by atoms with Crippen LogP contribution in [-0.2, 0) is 11.2 Å². The Kier molecular flexibility index (Phi) is 7.63.